The van der Waals surface area contributed by atoms with E-state index in [1.807, 2.05) is 11.3 Å². The molecule has 2 aromatic rings. The Kier molecular flexibility index (Phi) is 3.64. The maximum Gasteiger partial charge on any atom is 0.0576 e. The van der Waals surface area contributed by atoms with E-state index in [-0.39, 0.29) is 6.04 Å². The lowest BCUT2D eigenvalue weighted by Crippen LogP contribution is -2.13. The first-order chi connectivity index (χ1) is 8.83. The van der Waals surface area contributed by atoms with Gasteiger partial charge in [0.05, 0.1) is 6.10 Å². The molecule has 2 heterocycles. The van der Waals surface area contributed by atoms with Gasteiger partial charge in [-0.05, 0) is 43.2 Å². The zero-order valence-electron chi connectivity index (χ0n) is 10.5. The second-order valence-corrected chi connectivity index (χ2v) is 6.12. The van der Waals surface area contributed by atoms with Crippen molar-refractivity contribution in [2.24, 2.45) is 5.73 Å². The van der Waals surface area contributed by atoms with Gasteiger partial charge < -0.3 is 10.5 Å². The van der Waals surface area contributed by atoms with Gasteiger partial charge in [0, 0.05) is 22.2 Å². The molecule has 18 heavy (non-hydrogen) atoms. The first kappa shape index (κ1) is 12.2. The van der Waals surface area contributed by atoms with Gasteiger partial charge in [-0.1, -0.05) is 18.2 Å². The number of rotatable bonds is 4. The Balaban J connectivity index is 1.65. The number of thiophene rings is 1. The summed E-state index contributed by atoms with van der Waals surface area (Å²) in [6.45, 7) is 0.933. The lowest BCUT2D eigenvalue weighted by Gasteiger charge is -2.13. The third-order valence-electron chi connectivity index (χ3n) is 3.63. The molecule has 2 atom stereocenters. The molecule has 0 amide bonds. The van der Waals surface area contributed by atoms with Crippen LogP contribution in [0.15, 0.2) is 30.3 Å². The molecule has 1 fully saturated rings. The Morgan fingerprint density at radius 2 is 2.28 bits per heavy atom. The molecule has 0 saturated carbocycles. The molecule has 0 spiro atoms. The third kappa shape index (κ3) is 2.58. The van der Waals surface area contributed by atoms with Gasteiger partial charge in [0.15, 0.2) is 0 Å². The van der Waals surface area contributed by atoms with Gasteiger partial charge in [-0.25, -0.2) is 0 Å². The number of nitrogens with two attached hydrogens (primary N) is 1. The van der Waals surface area contributed by atoms with Gasteiger partial charge in [0.25, 0.3) is 0 Å². The quantitative estimate of drug-likeness (QED) is 0.907. The Morgan fingerprint density at radius 1 is 1.39 bits per heavy atom. The Hall–Kier alpha value is -0.900. The van der Waals surface area contributed by atoms with Crippen molar-refractivity contribution in [1.29, 1.82) is 0 Å². The maximum absolute atomic E-state index is 6.29. The third-order valence-corrected chi connectivity index (χ3v) is 4.88. The van der Waals surface area contributed by atoms with E-state index in [9.17, 15) is 0 Å². The molecule has 0 bridgehead atoms. The van der Waals surface area contributed by atoms with Crippen molar-refractivity contribution in [3.63, 3.8) is 0 Å². The average Bonchev–Trinajstić information content (AvgIpc) is 3.04. The van der Waals surface area contributed by atoms with E-state index >= 15 is 0 Å². The minimum absolute atomic E-state index is 0.159. The van der Waals surface area contributed by atoms with Crippen LogP contribution in [0.2, 0.25) is 0 Å². The summed E-state index contributed by atoms with van der Waals surface area (Å²) in [5.41, 5.74) is 6.29. The highest BCUT2D eigenvalue weighted by atomic mass is 32.1. The highest BCUT2D eigenvalue weighted by Crippen LogP contribution is 2.31. The van der Waals surface area contributed by atoms with Crippen LogP contribution in [0.4, 0.5) is 0 Å². The normalized spacial score (nSPS) is 21.5. The molecular formula is C15H19NOS. The van der Waals surface area contributed by atoms with E-state index in [0.717, 1.165) is 19.4 Å². The van der Waals surface area contributed by atoms with E-state index in [4.69, 9.17) is 10.5 Å². The van der Waals surface area contributed by atoms with Gasteiger partial charge in [-0.3, -0.25) is 0 Å². The minimum Gasteiger partial charge on any atom is -0.378 e. The molecule has 1 aliphatic rings. The van der Waals surface area contributed by atoms with Gasteiger partial charge in [-0.15, -0.1) is 11.3 Å². The van der Waals surface area contributed by atoms with Crippen molar-refractivity contribution in [3.8, 4) is 0 Å². The second-order valence-electron chi connectivity index (χ2n) is 5.01. The van der Waals surface area contributed by atoms with Gasteiger partial charge in [0.1, 0.15) is 0 Å². The molecule has 1 aromatic heterocycles. The first-order valence-corrected chi connectivity index (χ1v) is 7.50. The van der Waals surface area contributed by atoms with Crippen LogP contribution in [-0.4, -0.2) is 12.7 Å². The largest absolute Gasteiger partial charge is 0.378 e. The standard InChI is InChI=1S/C15H19NOS/c16-13(8-7-12-5-3-9-17-12)15-10-11-4-1-2-6-14(11)18-15/h1-2,4,6,10,12-13H,3,5,7-9,16H2. The van der Waals surface area contributed by atoms with Crippen LogP contribution in [0.1, 0.15) is 36.6 Å². The van der Waals surface area contributed by atoms with Crippen LogP contribution >= 0.6 is 11.3 Å². The van der Waals surface area contributed by atoms with Crippen molar-refractivity contribution in [3.05, 3.63) is 35.2 Å². The van der Waals surface area contributed by atoms with Gasteiger partial charge in [0.2, 0.25) is 0 Å². The fourth-order valence-electron chi connectivity index (χ4n) is 2.56. The Morgan fingerprint density at radius 3 is 3.06 bits per heavy atom. The topological polar surface area (TPSA) is 35.2 Å². The molecular weight excluding hydrogens is 242 g/mol. The first-order valence-electron chi connectivity index (χ1n) is 6.68. The van der Waals surface area contributed by atoms with E-state index < -0.39 is 0 Å². The van der Waals surface area contributed by atoms with E-state index in [1.54, 1.807) is 0 Å². The fraction of sp³-hybridized carbons (Fsp3) is 0.467. The highest BCUT2D eigenvalue weighted by molar-refractivity contribution is 7.19. The van der Waals surface area contributed by atoms with Crippen molar-refractivity contribution in [1.82, 2.24) is 0 Å². The van der Waals surface area contributed by atoms with Crippen molar-refractivity contribution < 1.29 is 4.74 Å². The number of fused-ring (bicyclic) bond motifs is 1. The van der Waals surface area contributed by atoms with Crippen LogP contribution in [0.3, 0.4) is 0 Å². The van der Waals surface area contributed by atoms with E-state index in [2.05, 4.69) is 30.3 Å². The molecule has 1 saturated heterocycles. The van der Waals surface area contributed by atoms with Gasteiger partial charge >= 0.3 is 0 Å². The molecule has 2 N–H and O–H groups in total. The maximum atomic E-state index is 6.29. The molecule has 0 aliphatic carbocycles. The summed E-state index contributed by atoms with van der Waals surface area (Å²) in [7, 11) is 0. The molecule has 3 rings (SSSR count). The molecule has 2 unspecified atom stereocenters. The number of hydrogen-bond acceptors (Lipinski definition) is 3. The Labute approximate surface area is 112 Å². The molecule has 96 valence electrons. The molecule has 1 aromatic carbocycles. The van der Waals surface area contributed by atoms with Crippen molar-refractivity contribution in [2.75, 3.05) is 6.61 Å². The predicted molar refractivity (Wildman–Crippen MR) is 77.0 cm³/mol. The zero-order valence-corrected chi connectivity index (χ0v) is 11.3. The number of hydrogen-bond donors (Lipinski definition) is 1. The summed E-state index contributed by atoms with van der Waals surface area (Å²) in [5.74, 6) is 0. The van der Waals surface area contributed by atoms with Crippen LogP contribution in [0.5, 0.6) is 0 Å². The second kappa shape index (κ2) is 5.39. The summed E-state index contributed by atoms with van der Waals surface area (Å²) in [6.07, 6.45) is 4.99. The zero-order chi connectivity index (χ0) is 12.4. The highest BCUT2D eigenvalue weighted by Gasteiger charge is 2.18. The Bertz CT molecular complexity index is 483. The van der Waals surface area contributed by atoms with Crippen LogP contribution in [0.25, 0.3) is 10.1 Å². The summed E-state index contributed by atoms with van der Waals surface area (Å²) in [5, 5.41) is 1.31. The number of benzene rings is 1. The van der Waals surface area contributed by atoms with E-state index in [1.165, 1.54) is 27.8 Å². The van der Waals surface area contributed by atoms with Crippen LogP contribution in [0, 0.1) is 0 Å². The SMILES string of the molecule is NC(CCC1CCCO1)c1cc2ccccc2s1. The van der Waals surface area contributed by atoms with Crippen LogP contribution < -0.4 is 5.73 Å². The molecule has 1 aliphatic heterocycles. The molecule has 2 nitrogen and oxygen atoms in total. The summed E-state index contributed by atoms with van der Waals surface area (Å²) in [6, 6.07) is 10.9. The smallest absolute Gasteiger partial charge is 0.0576 e. The fourth-order valence-corrected chi connectivity index (χ4v) is 3.67. The minimum atomic E-state index is 0.159. The molecule has 3 heteroatoms. The van der Waals surface area contributed by atoms with Crippen molar-refractivity contribution in [2.45, 2.75) is 37.8 Å². The molecule has 0 radical (unpaired) electrons. The summed E-state index contributed by atoms with van der Waals surface area (Å²) >= 11 is 1.82. The predicted octanol–water partition coefficient (Wildman–Crippen LogP) is 3.86. The van der Waals surface area contributed by atoms with Gasteiger partial charge in [-0.2, -0.15) is 0 Å². The summed E-state index contributed by atoms with van der Waals surface area (Å²) in [4.78, 5) is 1.30. The summed E-state index contributed by atoms with van der Waals surface area (Å²) < 4.78 is 6.98. The van der Waals surface area contributed by atoms with E-state index in [0.29, 0.717) is 6.10 Å². The monoisotopic (exact) mass is 261 g/mol. The lowest BCUT2D eigenvalue weighted by molar-refractivity contribution is 0.101. The number of ether oxygens (including phenoxy) is 1. The average molecular weight is 261 g/mol. The van der Waals surface area contributed by atoms with Crippen LogP contribution in [-0.2, 0) is 4.74 Å². The lowest BCUT2D eigenvalue weighted by atomic mass is 10.1. The van der Waals surface area contributed by atoms with Crippen molar-refractivity contribution >= 4 is 21.4 Å².